The first kappa shape index (κ1) is 15.0. The number of hydrogen-bond donors (Lipinski definition) is 3. The van der Waals surface area contributed by atoms with Gasteiger partial charge in [0.25, 0.3) is 0 Å². The van der Waals surface area contributed by atoms with E-state index in [1.165, 1.54) is 12.8 Å². The SMILES string of the molecule is CCCNc1nc(C2CC2)nc(NC(C)CCO)c1C. The number of anilines is 2. The molecule has 0 saturated heterocycles. The largest absolute Gasteiger partial charge is 0.396 e. The number of nitrogens with one attached hydrogen (secondary N) is 2. The first-order valence-electron chi connectivity index (χ1n) is 7.65. The van der Waals surface area contributed by atoms with Gasteiger partial charge >= 0.3 is 0 Å². The van der Waals surface area contributed by atoms with Crippen molar-refractivity contribution in [2.24, 2.45) is 0 Å². The van der Waals surface area contributed by atoms with E-state index in [-0.39, 0.29) is 12.6 Å². The van der Waals surface area contributed by atoms with Crippen LogP contribution >= 0.6 is 0 Å². The molecule has 1 aromatic heterocycles. The Balaban J connectivity index is 2.21. The average molecular weight is 278 g/mol. The fourth-order valence-electron chi connectivity index (χ4n) is 2.11. The Kier molecular flexibility index (Phi) is 5.17. The Morgan fingerprint density at radius 1 is 1.30 bits per heavy atom. The molecule has 20 heavy (non-hydrogen) atoms. The van der Waals surface area contributed by atoms with Gasteiger partial charge in [0, 0.05) is 30.7 Å². The summed E-state index contributed by atoms with van der Waals surface area (Å²) in [7, 11) is 0. The number of rotatable bonds is 8. The summed E-state index contributed by atoms with van der Waals surface area (Å²) in [6.45, 7) is 7.37. The van der Waals surface area contributed by atoms with Crippen molar-refractivity contribution in [1.29, 1.82) is 0 Å². The second-order valence-corrected chi connectivity index (χ2v) is 5.66. The summed E-state index contributed by atoms with van der Waals surface area (Å²) >= 11 is 0. The van der Waals surface area contributed by atoms with Crippen molar-refractivity contribution in [1.82, 2.24) is 9.97 Å². The maximum Gasteiger partial charge on any atom is 0.136 e. The zero-order chi connectivity index (χ0) is 14.5. The summed E-state index contributed by atoms with van der Waals surface area (Å²) in [4.78, 5) is 9.36. The Bertz CT molecular complexity index is 446. The van der Waals surface area contributed by atoms with Crippen molar-refractivity contribution >= 4 is 11.6 Å². The van der Waals surface area contributed by atoms with E-state index in [1.54, 1.807) is 0 Å². The third-order valence-corrected chi connectivity index (χ3v) is 3.59. The van der Waals surface area contributed by atoms with Gasteiger partial charge in [-0.05, 0) is 39.5 Å². The highest BCUT2D eigenvalue weighted by Gasteiger charge is 2.28. The van der Waals surface area contributed by atoms with Crippen molar-refractivity contribution < 1.29 is 5.11 Å². The Hall–Kier alpha value is -1.36. The Labute approximate surface area is 121 Å². The molecule has 0 bridgehead atoms. The fourth-order valence-corrected chi connectivity index (χ4v) is 2.11. The molecule has 1 aromatic rings. The molecule has 0 aromatic carbocycles. The summed E-state index contributed by atoms with van der Waals surface area (Å²) in [6, 6.07) is 0.208. The maximum atomic E-state index is 9.02. The molecule has 1 aliphatic carbocycles. The van der Waals surface area contributed by atoms with Crippen molar-refractivity contribution in [2.75, 3.05) is 23.8 Å². The van der Waals surface area contributed by atoms with Crippen LogP contribution in [0, 0.1) is 6.92 Å². The zero-order valence-electron chi connectivity index (χ0n) is 12.7. The number of nitrogens with zero attached hydrogens (tertiary/aromatic N) is 2. The van der Waals surface area contributed by atoms with Crippen LogP contribution in [0.3, 0.4) is 0 Å². The van der Waals surface area contributed by atoms with E-state index < -0.39 is 0 Å². The summed E-state index contributed by atoms with van der Waals surface area (Å²) in [6.07, 6.45) is 4.19. The topological polar surface area (TPSA) is 70.1 Å². The highest BCUT2D eigenvalue weighted by molar-refractivity contribution is 5.58. The van der Waals surface area contributed by atoms with Gasteiger partial charge in [0.05, 0.1) is 0 Å². The smallest absolute Gasteiger partial charge is 0.136 e. The minimum Gasteiger partial charge on any atom is -0.396 e. The summed E-state index contributed by atoms with van der Waals surface area (Å²) in [5, 5.41) is 15.8. The maximum absolute atomic E-state index is 9.02. The molecule has 0 radical (unpaired) electrons. The Morgan fingerprint density at radius 3 is 2.60 bits per heavy atom. The third-order valence-electron chi connectivity index (χ3n) is 3.59. The van der Waals surface area contributed by atoms with E-state index in [1.807, 2.05) is 6.92 Å². The second-order valence-electron chi connectivity index (χ2n) is 5.66. The van der Waals surface area contributed by atoms with Gasteiger partial charge < -0.3 is 15.7 Å². The van der Waals surface area contributed by atoms with Crippen LogP contribution in [-0.2, 0) is 0 Å². The van der Waals surface area contributed by atoms with Crippen molar-refractivity contribution in [3.8, 4) is 0 Å². The van der Waals surface area contributed by atoms with Crippen molar-refractivity contribution in [3.63, 3.8) is 0 Å². The fraction of sp³-hybridized carbons (Fsp3) is 0.733. The number of hydrogen-bond acceptors (Lipinski definition) is 5. The van der Waals surface area contributed by atoms with Gasteiger partial charge in [-0.1, -0.05) is 6.92 Å². The van der Waals surface area contributed by atoms with E-state index in [2.05, 4.69) is 34.4 Å². The van der Waals surface area contributed by atoms with Crippen molar-refractivity contribution in [2.45, 2.75) is 58.4 Å². The van der Waals surface area contributed by atoms with E-state index in [0.717, 1.165) is 42.4 Å². The van der Waals surface area contributed by atoms with Gasteiger partial charge in [-0.15, -0.1) is 0 Å². The number of aromatic nitrogens is 2. The second kappa shape index (κ2) is 6.88. The predicted octanol–water partition coefficient (Wildman–Crippen LogP) is 2.67. The van der Waals surface area contributed by atoms with Crippen LogP contribution in [0.25, 0.3) is 0 Å². The van der Waals surface area contributed by atoms with Crippen LogP contribution in [-0.4, -0.2) is 34.3 Å². The normalized spacial score (nSPS) is 16.0. The molecule has 0 spiro atoms. The molecule has 1 fully saturated rings. The molecule has 0 amide bonds. The summed E-state index contributed by atoms with van der Waals surface area (Å²) in [5.41, 5.74) is 1.06. The van der Waals surface area contributed by atoms with Crippen LogP contribution < -0.4 is 10.6 Å². The molecule has 1 saturated carbocycles. The number of aliphatic hydroxyl groups is 1. The lowest BCUT2D eigenvalue weighted by atomic mass is 10.2. The van der Waals surface area contributed by atoms with E-state index >= 15 is 0 Å². The molecule has 1 unspecified atom stereocenters. The van der Waals surface area contributed by atoms with Crippen LogP contribution in [0.1, 0.15) is 56.8 Å². The molecule has 0 aliphatic heterocycles. The molecule has 5 nitrogen and oxygen atoms in total. The number of aliphatic hydroxyl groups excluding tert-OH is 1. The third kappa shape index (κ3) is 3.82. The van der Waals surface area contributed by atoms with Gasteiger partial charge in [0.1, 0.15) is 17.5 Å². The highest BCUT2D eigenvalue weighted by Crippen LogP contribution is 2.39. The van der Waals surface area contributed by atoms with Gasteiger partial charge in [0.15, 0.2) is 0 Å². The molecular formula is C15H26N4O. The van der Waals surface area contributed by atoms with Crippen LogP contribution in [0.4, 0.5) is 11.6 Å². The van der Waals surface area contributed by atoms with E-state index in [9.17, 15) is 0 Å². The molecule has 112 valence electrons. The lowest BCUT2D eigenvalue weighted by molar-refractivity contribution is 0.282. The Morgan fingerprint density at radius 2 is 2.00 bits per heavy atom. The molecule has 2 rings (SSSR count). The van der Waals surface area contributed by atoms with Gasteiger partial charge in [-0.25, -0.2) is 9.97 Å². The molecule has 3 N–H and O–H groups in total. The predicted molar refractivity (Wildman–Crippen MR) is 82.3 cm³/mol. The molecular weight excluding hydrogens is 252 g/mol. The lowest BCUT2D eigenvalue weighted by Crippen LogP contribution is -2.20. The van der Waals surface area contributed by atoms with Gasteiger partial charge in [-0.2, -0.15) is 0 Å². The quantitative estimate of drug-likeness (QED) is 0.682. The van der Waals surface area contributed by atoms with Crippen LogP contribution in [0.15, 0.2) is 0 Å². The lowest BCUT2D eigenvalue weighted by Gasteiger charge is -2.18. The minimum absolute atomic E-state index is 0.189. The minimum atomic E-state index is 0.189. The van der Waals surface area contributed by atoms with Crippen molar-refractivity contribution in [3.05, 3.63) is 11.4 Å². The van der Waals surface area contributed by atoms with Crippen LogP contribution in [0.2, 0.25) is 0 Å². The molecule has 1 aliphatic rings. The molecule has 1 atom stereocenters. The first-order chi connectivity index (χ1) is 9.65. The summed E-state index contributed by atoms with van der Waals surface area (Å²) < 4.78 is 0. The van der Waals surface area contributed by atoms with Gasteiger partial charge in [0.2, 0.25) is 0 Å². The first-order valence-corrected chi connectivity index (χ1v) is 7.65. The van der Waals surface area contributed by atoms with Crippen LogP contribution in [0.5, 0.6) is 0 Å². The van der Waals surface area contributed by atoms with E-state index in [0.29, 0.717) is 5.92 Å². The van der Waals surface area contributed by atoms with E-state index in [4.69, 9.17) is 5.11 Å². The monoisotopic (exact) mass is 278 g/mol. The highest BCUT2D eigenvalue weighted by atomic mass is 16.3. The zero-order valence-corrected chi connectivity index (χ0v) is 12.7. The standard InChI is InChI=1S/C15H26N4O/c1-4-8-16-13-11(3)14(17-10(2)7-9-20)19-15(18-13)12-5-6-12/h10,12,20H,4-9H2,1-3H3,(H2,16,17,18,19). The van der Waals surface area contributed by atoms with Gasteiger partial charge in [-0.3, -0.25) is 0 Å². The average Bonchev–Trinajstić information content (AvgIpc) is 3.24. The summed E-state index contributed by atoms with van der Waals surface area (Å²) in [5.74, 6) is 3.34. The molecule has 5 heteroatoms. The molecule has 1 heterocycles.